The number of nitrogens with two attached hydrogens (primary N) is 1. The van der Waals surface area contributed by atoms with Crippen molar-refractivity contribution in [2.75, 3.05) is 5.73 Å². The molecule has 1 aromatic heterocycles. The average Bonchev–Trinajstić information content (AvgIpc) is 2.46. The quantitative estimate of drug-likeness (QED) is 0.446. The number of thiophene rings is 1. The van der Waals surface area contributed by atoms with Crippen LogP contribution in [0.4, 0.5) is 5.69 Å². The first-order chi connectivity index (χ1) is 6.16. The van der Waals surface area contributed by atoms with E-state index in [-0.39, 0.29) is 0 Å². The molecule has 0 aliphatic heterocycles. The summed E-state index contributed by atoms with van der Waals surface area (Å²) in [7, 11) is -1.39. The minimum Gasteiger partial charge on any atom is -0.423 e. The summed E-state index contributed by atoms with van der Waals surface area (Å²) in [5, 5.41) is 18.8. The van der Waals surface area contributed by atoms with Crippen molar-refractivity contribution in [3.63, 3.8) is 0 Å². The van der Waals surface area contributed by atoms with Crippen molar-refractivity contribution in [2.24, 2.45) is 0 Å². The summed E-state index contributed by atoms with van der Waals surface area (Å²) in [6, 6.07) is 7.23. The van der Waals surface area contributed by atoms with Gasteiger partial charge in [0.05, 0.1) is 0 Å². The fourth-order valence-electron chi connectivity index (χ4n) is 1.21. The van der Waals surface area contributed by atoms with Gasteiger partial charge >= 0.3 is 7.12 Å². The average molecular weight is 193 g/mol. The Hall–Kier alpha value is -1.04. The van der Waals surface area contributed by atoms with Gasteiger partial charge in [-0.3, -0.25) is 0 Å². The normalized spacial score (nSPS) is 10.6. The van der Waals surface area contributed by atoms with E-state index in [4.69, 9.17) is 15.8 Å². The zero-order valence-electron chi connectivity index (χ0n) is 6.77. The Kier molecular flexibility index (Phi) is 1.99. The maximum Gasteiger partial charge on any atom is 0.499 e. The molecule has 0 radical (unpaired) electrons. The van der Waals surface area contributed by atoms with E-state index >= 15 is 0 Å². The number of anilines is 1. The second-order valence-electron chi connectivity index (χ2n) is 2.82. The molecule has 0 atom stereocenters. The molecule has 0 spiro atoms. The summed E-state index contributed by atoms with van der Waals surface area (Å²) in [5.74, 6) is 0. The predicted octanol–water partition coefficient (Wildman–Crippen LogP) is 0.163. The van der Waals surface area contributed by atoms with Crippen LogP contribution in [-0.2, 0) is 0 Å². The summed E-state index contributed by atoms with van der Waals surface area (Å²) in [5.41, 5.74) is 6.27. The van der Waals surface area contributed by atoms with E-state index in [9.17, 15) is 0 Å². The fourth-order valence-corrected chi connectivity index (χ4v) is 2.13. The Morgan fingerprint density at radius 3 is 2.69 bits per heavy atom. The molecule has 2 rings (SSSR count). The van der Waals surface area contributed by atoms with Gasteiger partial charge in [0.2, 0.25) is 0 Å². The molecule has 66 valence electrons. The topological polar surface area (TPSA) is 66.5 Å². The molecule has 1 aromatic carbocycles. The zero-order chi connectivity index (χ0) is 9.42. The number of rotatable bonds is 1. The van der Waals surface area contributed by atoms with Gasteiger partial charge in [-0.05, 0) is 29.7 Å². The maximum absolute atomic E-state index is 8.93. The summed E-state index contributed by atoms with van der Waals surface area (Å²) in [4.78, 5) is 0. The highest BCUT2D eigenvalue weighted by Gasteiger charge is 2.14. The molecule has 0 amide bonds. The number of hydrogen-bond acceptors (Lipinski definition) is 4. The molecule has 0 saturated carbocycles. The van der Waals surface area contributed by atoms with Crippen molar-refractivity contribution in [2.45, 2.75) is 0 Å². The van der Waals surface area contributed by atoms with Gasteiger partial charge in [-0.1, -0.05) is 0 Å². The van der Waals surface area contributed by atoms with Crippen molar-refractivity contribution < 1.29 is 10.0 Å². The van der Waals surface area contributed by atoms with Gasteiger partial charge < -0.3 is 15.8 Å². The molecule has 13 heavy (non-hydrogen) atoms. The Morgan fingerprint density at radius 1 is 1.23 bits per heavy atom. The van der Waals surface area contributed by atoms with Gasteiger partial charge in [-0.15, -0.1) is 11.3 Å². The molecule has 1 heterocycles. The SMILES string of the molecule is Nc1ccc2sc(B(O)O)cc2c1. The first-order valence-corrected chi connectivity index (χ1v) is 4.63. The fraction of sp³-hybridized carbons (Fsp3) is 0. The minimum atomic E-state index is -1.39. The molecular weight excluding hydrogens is 185 g/mol. The zero-order valence-corrected chi connectivity index (χ0v) is 7.58. The Morgan fingerprint density at radius 2 is 2.00 bits per heavy atom. The number of fused-ring (bicyclic) bond motifs is 1. The lowest BCUT2D eigenvalue weighted by molar-refractivity contribution is 0.427. The van der Waals surface area contributed by atoms with Crippen molar-refractivity contribution in [1.29, 1.82) is 0 Å². The van der Waals surface area contributed by atoms with Crippen molar-refractivity contribution in [1.82, 2.24) is 0 Å². The van der Waals surface area contributed by atoms with E-state index < -0.39 is 7.12 Å². The van der Waals surface area contributed by atoms with Gasteiger partial charge in [0.15, 0.2) is 0 Å². The highest BCUT2D eigenvalue weighted by molar-refractivity contribution is 7.27. The number of benzene rings is 1. The van der Waals surface area contributed by atoms with Crippen LogP contribution >= 0.6 is 11.3 Å². The van der Waals surface area contributed by atoms with Crippen molar-refractivity contribution >= 4 is 39.0 Å². The molecule has 0 unspecified atom stereocenters. The van der Waals surface area contributed by atoms with E-state index in [2.05, 4.69) is 0 Å². The molecule has 0 fully saturated rings. The van der Waals surface area contributed by atoms with E-state index in [0.717, 1.165) is 10.1 Å². The van der Waals surface area contributed by atoms with E-state index in [1.165, 1.54) is 11.3 Å². The molecule has 0 aliphatic carbocycles. The number of nitrogen functional groups attached to an aromatic ring is 1. The van der Waals surface area contributed by atoms with Crippen LogP contribution in [0.15, 0.2) is 24.3 Å². The van der Waals surface area contributed by atoms with Crippen LogP contribution in [0.2, 0.25) is 0 Å². The van der Waals surface area contributed by atoms with E-state index in [1.54, 1.807) is 12.1 Å². The molecule has 0 saturated heterocycles. The largest absolute Gasteiger partial charge is 0.499 e. The van der Waals surface area contributed by atoms with Crippen LogP contribution < -0.4 is 10.5 Å². The molecule has 0 bridgehead atoms. The third-order valence-corrected chi connectivity index (χ3v) is 2.97. The summed E-state index contributed by atoms with van der Waals surface area (Å²) < 4.78 is 1.55. The van der Waals surface area contributed by atoms with Gasteiger partial charge in [-0.2, -0.15) is 0 Å². The second kappa shape index (κ2) is 3.03. The Bertz CT molecular complexity index is 441. The van der Waals surface area contributed by atoms with Gasteiger partial charge in [-0.25, -0.2) is 0 Å². The molecule has 3 nitrogen and oxygen atoms in total. The third kappa shape index (κ3) is 1.53. The summed E-state index contributed by atoms with van der Waals surface area (Å²) >= 11 is 1.36. The molecule has 5 heteroatoms. The minimum absolute atomic E-state index is 0.542. The third-order valence-electron chi connectivity index (χ3n) is 1.81. The lowest BCUT2D eigenvalue weighted by Gasteiger charge is -1.90. The molecule has 4 N–H and O–H groups in total. The van der Waals surface area contributed by atoms with Crippen LogP contribution in [0.25, 0.3) is 10.1 Å². The van der Waals surface area contributed by atoms with Crippen molar-refractivity contribution in [3.8, 4) is 0 Å². The van der Waals surface area contributed by atoms with Crippen LogP contribution in [-0.4, -0.2) is 17.2 Å². The Labute approximate surface area is 79.6 Å². The molecular formula is C8H8BNO2S. The first kappa shape index (κ1) is 8.56. The van der Waals surface area contributed by atoms with Crippen LogP contribution in [0, 0.1) is 0 Å². The lowest BCUT2D eigenvalue weighted by atomic mass is 9.89. The van der Waals surface area contributed by atoms with Gasteiger partial charge in [0.1, 0.15) is 0 Å². The summed E-state index contributed by atoms with van der Waals surface area (Å²) in [6.45, 7) is 0. The highest BCUT2D eigenvalue weighted by Crippen LogP contribution is 2.21. The molecule has 2 aromatic rings. The van der Waals surface area contributed by atoms with Crippen LogP contribution in [0.3, 0.4) is 0 Å². The number of hydrogen-bond donors (Lipinski definition) is 3. The smallest absolute Gasteiger partial charge is 0.423 e. The highest BCUT2D eigenvalue weighted by atomic mass is 32.1. The van der Waals surface area contributed by atoms with E-state index in [1.807, 2.05) is 12.1 Å². The van der Waals surface area contributed by atoms with Gasteiger partial charge in [0, 0.05) is 15.2 Å². The molecule has 0 aliphatic rings. The first-order valence-electron chi connectivity index (χ1n) is 3.82. The second-order valence-corrected chi connectivity index (χ2v) is 3.94. The van der Waals surface area contributed by atoms with E-state index in [0.29, 0.717) is 10.5 Å². The van der Waals surface area contributed by atoms with Crippen LogP contribution in [0.1, 0.15) is 0 Å². The predicted molar refractivity (Wildman–Crippen MR) is 56.1 cm³/mol. The standard InChI is InChI=1S/C8H8BNO2S/c10-6-1-2-7-5(3-6)4-8(13-7)9(11)12/h1-4,11-12H,10H2. The maximum atomic E-state index is 8.93. The lowest BCUT2D eigenvalue weighted by Crippen LogP contribution is -2.26. The van der Waals surface area contributed by atoms with Crippen molar-refractivity contribution in [3.05, 3.63) is 24.3 Å². The van der Waals surface area contributed by atoms with Gasteiger partial charge in [0.25, 0.3) is 0 Å². The monoisotopic (exact) mass is 193 g/mol. The summed E-state index contributed by atoms with van der Waals surface area (Å²) in [6.07, 6.45) is 0. The van der Waals surface area contributed by atoms with Crippen LogP contribution in [0.5, 0.6) is 0 Å². The Balaban J connectivity index is 2.62.